The van der Waals surface area contributed by atoms with Crippen molar-refractivity contribution in [1.82, 2.24) is 20.0 Å². The first-order valence-electron chi connectivity index (χ1n) is 8.53. The summed E-state index contributed by atoms with van der Waals surface area (Å²) in [6.45, 7) is 3.15. The zero-order chi connectivity index (χ0) is 19.6. The first-order valence-corrected chi connectivity index (χ1v) is 8.53. The largest absolute Gasteiger partial charge is 0.491 e. The molecule has 1 atom stereocenters. The number of benzene rings is 1. The van der Waals surface area contributed by atoms with Crippen LogP contribution in [0, 0.1) is 6.92 Å². The van der Waals surface area contributed by atoms with Gasteiger partial charge in [-0.15, -0.1) is 0 Å². The van der Waals surface area contributed by atoms with Gasteiger partial charge < -0.3 is 20.3 Å². The van der Waals surface area contributed by atoms with Crippen LogP contribution in [0.1, 0.15) is 34.9 Å². The Morgan fingerprint density at radius 2 is 2.07 bits per heavy atom. The number of aromatic hydroxyl groups is 1. The van der Waals surface area contributed by atoms with Gasteiger partial charge in [-0.2, -0.15) is 0 Å². The molecule has 4 N–H and O–H groups in total. The Balaban J connectivity index is 1.92. The van der Waals surface area contributed by atoms with Crippen molar-refractivity contribution in [3.05, 3.63) is 74.8 Å². The highest BCUT2D eigenvalue weighted by Crippen LogP contribution is 2.29. The van der Waals surface area contributed by atoms with E-state index >= 15 is 0 Å². The summed E-state index contributed by atoms with van der Waals surface area (Å²) in [6, 6.07) is 9.03. The van der Waals surface area contributed by atoms with Gasteiger partial charge in [0, 0.05) is 12.3 Å². The van der Waals surface area contributed by atoms with Gasteiger partial charge >= 0.3 is 0 Å². The quantitative estimate of drug-likeness (QED) is 0.513. The zero-order valence-electron chi connectivity index (χ0n) is 15.2. The first kappa shape index (κ1) is 18.8. The van der Waals surface area contributed by atoms with Gasteiger partial charge in [-0.3, -0.25) is 4.79 Å². The maximum absolute atomic E-state index is 11.5. The molecule has 0 saturated carbocycles. The molecule has 0 bridgehead atoms. The molecule has 0 aliphatic heterocycles. The molecule has 0 aliphatic rings. The summed E-state index contributed by atoms with van der Waals surface area (Å²) in [5, 5.41) is 37.4. The molecule has 27 heavy (non-hydrogen) atoms. The van der Waals surface area contributed by atoms with Crippen LogP contribution in [0.15, 0.2) is 41.3 Å². The molecule has 0 saturated heterocycles. The lowest BCUT2D eigenvalue weighted by molar-refractivity contribution is 0.0314. The number of aliphatic hydroxyl groups is 2. The van der Waals surface area contributed by atoms with Crippen molar-refractivity contribution in [3.63, 3.8) is 0 Å². The molecule has 142 valence electrons. The number of hydrogen-bond acceptors (Lipinski definition) is 6. The summed E-state index contributed by atoms with van der Waals surface area (Å²) in [6.07, 6.45) is 2.17. The van der Waals surface area contributed by atoms with E-state index in [1.54, 1.807) is 19.2 Å². The molecule has 2 heterocycles. The van der Waals surface area contributed by atoms with Crippen molar-refractivity contribution in [2.75, 3.05) is 0 Å². The van der Waals surface area contributed by atoms with E-state index in [-0.39, 0.29) is 23.7 Å². The molecule has 3 aromatic rings. The molecule has 0 aliphatic carbocycles. The number of pyridine rings is 1. The minimum absolute atomic E-state index is 0.0196. The molecule has 0 spiro atoms. The molecule has 0 radical (unpaired) electrons. The Bertz CT molecular complexity index is 1010. The smallest absolute Gasteiger partial charge is 0.256 e. The van der Waals surface area contributed by atoms with Gasteiger partial charge in [0.1, 0.15) is 11.3 Å². The third-order valence-corrected chi connectivity index (χ3v) is 4.68. The molecule has 1 aromatic carbocycles. The van der Waals surface area contributed by atoms with Crippen LogP contribution in [0.2, 0.25) is 0 Å². The predicted octanol–water partition coefficient (Wildman–Crippen LogP) is 0.971. The number of H-pyrrole nitrogens is 1. The van der Waals surface area contributed by atoms with Crippen molar-refractivity contribution in [1.29, 1.82) is 0 Å². The highest BCUT2D eigenvalue weighted by Gasteiger charge is 2.28. The maximum Gasteiger partial charge on any atom is 0.256 e. The molecule has 0 amide bonds. The number of nitrogens with one attached hydrogen (secondary N) is 1. The fraction of sp³-hybridized carbons (Fsp3) is 0.316. The Hall–Kier alpha value is -2.97. The number of nitrogens with zero attached hydrogens (tertiary/aromatic N) is 3. The van der Waals surface area contributed by atoms with E-state index in [0.717, 1.165) is 16.7 Å². The number of rotatable bonds is 6. The van der Waals surface area contributed by atoms with Crippen LogP contribution in [-0.2, 0) is 25.2 Å². The van der Waals surface area contributed by atoms with Crippen molar-refractivity contribution in [3.8, 4) is 5.88 Å². The molecular formula is C19H22N4O4. The zero-order valence-corrected chi connectivity index (χ0v) is 15.2. The summed E-state index contributed by atoms with van der Waals surface area (Å²) in [4.78, 5) is 14.1. The number of aromatic amines is 1. The van der Waals surface area contributed by atoms with E-state index in [1.165, 1.54) is 4.68 Å². The molecule has 1 unspecified atom stereocenters. The minimum Gasteiger partial charge on any atom is -0.491 e. The summed E-state index contributed by atoms with van der Waals surface area (Å²) < 4.78 is 1.29. The summed E-state index contributed by atoms with van der Waals surface area (Å²) in [7, 11) is 0. The van der Waals surface area contributed by atoms with E-state index < -0.39 is 12.2 Å². The average Bonchev–Trinajstić information content (AvgIpc) is 2.95. The molecular weight excluding hydrogens is 348 g/mol. The lowest BCUT2D eigenvalue weighted by Crippen LogP contribution is -2.30. The summed E-state index contributed by atoms with van der Waals surface area (Å²) in [5.74, 6) is -0.354. The Kier molecular flexibility index (Phi) is 5.11. The third-order valence-electron chi connectivity index (χ3n) is 4.68. The van der Waals surface area contributed by atoms with Gasteiger partial charge in [-0.1, -0.05) is 28.5 Å². The topological polar surface area (TPSA) is 124 Å². The normalized spacial score (nSPS) is 13.5. The second kappa shape index (κ2) is 7.34. The maximum atomic E-state index is 11.5. The highest BCUT2D eigenvalue weighted by atomic mass is 16.3. The third kappa shape index (κ3) is 3.91. The van der Waals surface area contributed by atoms with Crippen LogP contribution in [-0.4, -0.2) is 35.3 Å². The predicted molar refractivity (Wildman–Crippen MR) is 98.2 cm³/mol. The SMILES string of the molecule is Cc1c(Cc2cc[nH]c(=O)c2)cccc1C(C)(O)Cn1nnc(O)c1CO. The van der Waals surface area contributed by atoms with E-state index in [0.29, 0.717) is 12.0 Å². The van der Waals surface area contributed by atoms with E-state index in [9.17, 15) is 20.1 Å². The molecule has 2 aromatic heterocycles. The number of aromatic nitrogens is 4. The van der Waals surface area contributed by atoms with Crippen LogP contribution >= 0.6 is 0 Å². The van der Waals surface area contributed by atoms with Crippen molar-refractivity contribution < 1.29 is 15.3 Å². The second-order valence-corrected chi connectivity index (χ2v) is 6.78. The van der Waals surface area contributed by atoms with Gasteiger partial charge in [0.05, 0.1) is 13.2 Å². The Labute approximate surface area is 155 Å². The van der Waals surface area contributed by atoms with Crippen LogP contribution in [0.3, 0.4) is 0 Å². The van der Waals surface area contributed by atoms with Crippen LogP contribution in [0.4, 0.5) is 0 Å². The number of aliphatic hydroxyl groups excluding tert-OH is 1. The van der Waals surface area contributed by atoms with Gasteiger partial charge in [-0.05, 0) is 48.6 Å². The Morgan fingerprint density at radius 1 is 1.30 bits per heavy atom. The average molecular weight is 370 g/mol. The second-order valence-electron chi connectivity index (χ2n) is 6.78. The lowest BCUT2D eigenvalue weighted by atomic mass is 9.87. The van der Waals surface area contributed by atoms with E-state index in [2.05, 4.69) is 15.3 Å². The van der Waals surface area contributed by atoms with E-state index in [4.69, 9.17) is 0 Å². The van der Waals surface area contributed by atoms with Crippen LogP contribution < -0.4 is 5.56 Å². The molecule has 8 heteroatoms. The standard InChI is InChI=1S/C19H22N4O4/c1-12-14(8-13-6-7-20-17(25)9-13)4-3-5-15(12)19(2,27)11-23-16(10-24)18(26)21-22-23/h3-7,9,24,26-27H,8,10-11H2,1-2H3,(H,20,25). The van der Waals surface area contributed by atoms with Crippen molar-refractivity contribution >= 4 is 0 Å². The fourth-order valence-corrected chi connectivity index (χ4v) is 3.26. The number of hydrogen-bond donors (Lipinski definition) is 4. The molecule has 0 fully saturated rings. The fourth-order valence-electron chi connectivity index (χ4n) is 3.26. The monoisotopic (exact) mass is 370 g/mol. The first-order chi connectivity index (χ1) is 12.8. The molecule has 3 rings (SSSR count). The van der Waals surface area contributed by atoms with Crippen LogP contribution in [0.5, 0.6) is 5.88 Å². The highest BCUT2D eigenvalue weighted by molar-refractivity contribution is 5.40. The molecule has 8 nitrogen and oxygen atoms in total. The van der Waals surface area contributed by atoms with Gasteiger partial charge in [0.15, 0.2) is 0 Å². The summed E-state index contributed by atoms with van der Waals surface area (Å²) in [5.41, 5.74) is 2.15. The lowest BCUT2D eigenvalue weighted by Gasteiger charge is -2.27. The van der Waals surface area contributed by atoms with Gasteiger partial charge in [-0.25, -0.2) is 4.68 Å². The van der Waals surface area contributed by atoms with E-state index in [1.807, 2.05) is 31.2 Å². The van der Waals surface area contributed by atoms with Crippen molar-refractivity contribution in [2.45, 2.75) is 39.0 Å². The van der Waals surface area contributed by atoms with Crippen molar-refractivity contribution in [2.24, 2.45) is 0 Å². The van der Waals surface area contributed by atoms with Gasteiger partial charge in [0.25, 0.3) is 5.88 Å². The van der Waals surface area contributed by atoms with Crippen LogP contribution in [0.25, 0.3) is 0 Å². The summed E-state index contributed by atoms with van der Waals surface area (Å²) >= 11 is 0. The van der Waals surface area contributed by atoms with Gasteiger partial charge in [0.2, 0.25) is 5.56 Å². The Morgan fingerprint density at radius 3 is 2.78 bits per heavy atom. The minimum atomic E-state index is -1.31.